The number of benzene rings is 2. The van der Waals surface area contributed by atoms with Crippen molar-refractivity contribution >= 4 is 22.5 Å². The zero-order chi connectivity index (χ0) is 31.1. The van der Waals surface area contributed by atoms with Gasteiger partial charge in [-0.2, -0.15) is 9.97 Å². The number of fused-ring (bicyclic) bond motifs is 3. The summed E-state index contributed by atoms with van der Waals surface area (Å²) >= 11 is 0. The van der Waals surface area contributed by atoms with Crippen LogP contribution in [0.5, 0.6) is 6.01 Å². The topological polar surface area (TPSA) is 75.4 Å². The van der Waals surface area contributed by atoms with Crippen LogP contribution in [0.15, 0.2) is 48.8 Å². The Morgan fingerprint density at radius 2 is 1.93 bits per heavy atom. The van der Waals surface area contributed by atoms with Crippen LogP contribution in [0.25, 0.3) is 15.6 Å². The van der Waals surface area contributed by atoms with E-state index >= 15 is 0 Å². The third-order valence-electron chi connectivity index (χ3n) is 10.2. The van der Waals surface area contributed by atoms with Gasteiger partial charge in [0, 0.05) is 31.6 Å². The van der Waals surface area contributed by atoms with Crippen molar-refractivity contribution < 1.29 is 18.7 Å². The quantitative estimate of drug-likeness (QED) is 0.270. The number of hydrogen-bond acceptors (Lipinski definition) is 7. The lowest BCUT2D eigenvalue weighted by Gasteiger charge is -2.40. The molecule has 0 radical (unpaired) electrons. The number of amides is 1. The maximum Gasteiger partial charge on any atom is 0.318 e. The van der Waals surface area contributed by atoms with Crippen LogP contribution in [0.3, 0.4) is 0 Å². The fraction of sp³-hybridized carbons (Fsp3) is 0.486. The molecule has 7 rings (SSSR count). The van der Waals surface area contributed by atoms with E-state index in [0.29, 0.717) is 44.6 Å². The van der Waals surface area contributed by atoms with Gasteiger partial charge in [0.15, 0.2) is 5.83 Å². The van der Waals surface area contributed by atoms with Crippen LogP contribution >= 0.6 is 0 Å². The largest absolute Gasteiger partial charge is 0.461 e. The van der Waals surface area contributed by atoms with Crippen LogP contribution in [-0.4, -0.2) is 83.1 Å². The molecule has 234 valence electrons. The molecule has 4 aliphatic heterocycles. The lowest BCUT2D eigenvalue weighted by Crippen LogP contribution is -2.57. The standard InChI is InChI=1S/C35H39FN6O3/c1-23-8-4-9-25-10-5-11-27(31(23)25)30-18-29-28(21-44-30)32(40-16-17-42(33(43)24(2)36)26(20-40)19-37-3)39-34(38-29)45-22-35-12-6-14-41(35)15-7-13-35/h4-5,8-11,26,30H,2,6-7,12-22H2,1H3/t26-,30?/m0/s1. The molecule has 5 heterocycles. The first-order valence-corrected chi connectivity index (χ1v) is 16.0. The zero-order valence-electron chi connectivity index (χ0n) is 25.8. The maximum atomic E-state index is 13.9. The van der Waals surface area contributed by atoms with Gasteiger partial charge in [-0.25, -0.2) is 11.0 Å². The molecule has 0 N–H and O–H groups in total. The Bertz CT molecular complexity index is 1670. The Labute approximate surface area is 263 Å². The van der Waals surface area contributed by atoms with Gasteiger partial charge in [-0.3, -0.25) is 9.69 Å². The average Bonchev–Trinajstić information content (AvgIpc) is 3.63. The van der Waals surface area contributed by atoms with Gasteiger partial charge in [-0.05, 0) is 67.6 Å². The second-order valence-electron chi connectivity index (χ2n) is 12.8. The normalized spacial score (nSPS) is 22.6. The van der Waals surface area contributed by atoms with Crippen molar-refractivity contribution in [1.29, 1.82) is 0 Å². The summed E-state index contributed by atoms with van der Waals surface area (Å²) in [4.78, 5) is 32.1. The van der Waals surface area contributed by atoms with E-state index in [1.165, 1.54) is 34.1 Å². The molecule has 0 bridgehead atoms. The van der Waals surface area contributed by atoms with Gasteiger partial charge in [0.25, 0.3) is 5.91 Å². The van der Waals surface area contributed by atoms with Crippen molar-refractivity contribution in [3.05, 3.63) is 82.6 Å². The van der Waals surface area contributed by atoms with Gasteiger partial charge >= 0.3 is 6.01 Å². The summed E-state index contributed by atoms with van der Waals surface area (Å²) in [6.07, 6.45) is 4.98. The first kappa shape index (κ1) is 29.6. The number of carbonyl (C=O) groups is 1. The highest BCUT2D eigenvalue weighted by atomic mass is 19.1. The summed E-state index contributed by atoms with van der Waals surface area (Å²) in [6, 6.07) is 12.5. The second-order valence-corrected chi connectivity index (χ2v) is 12.8. The lowest BCUT2D eigenvalue weighted by atomic mass is 9.92. The average molecular weight is 611 g/mol. The first-order chi connectivity index (χ1) is 21.9. The minimum Gasteiger partial charge on any atom is -0.461 e. The van der Waals surface area contributed by atoms with E-state index in [-0.39, 0.29) is 24.7 Å². The zero-order valence-corrected chi connectivity index (χ0v) is 25.8. The Hall–Kier alpha value is -4.07. The van der Waals surface area contributed by atoms with Gasteiger partial charge in [0.1, 0.15) is 18.5 Å². The van der Waals surface area contributed by atoms with E-state index in [0.717, 1.165) is 42.8 Å². The number of aryl methyl sites for hydroxylation is 1. The summed E-state index contributed by atoms with van der Waals surface area (Å²) < 4.78 is 26.9. The molecule has 1 unspecified atom stereocenters. The van der Waals surface area contributed by atoms with Gasteiger partial charge in [-0.1, -0.05) is 43.0 Å². The number of piperazine rings is 1. The molecule has 9 nitrogen and oxygen atoms in total. The number of rotatable bonds is 7. The van der Waals surface area contributed by atoms with Crippen molar-refractivity contribution in [2.75, 3.05) is 50.8 Å². The molecule has 3 aromatic rings. The summed E-state index contributed by atoms with van der Waals surface area (Å²) in [5.41, 5.74) is 4.18. The molecular formula is C35H39FN6O3. The molecule has 1 amide bonds. The smallest absolute Gasteiger partial charge is 0.318 e. The molecule has 45 heavy (non-hydrogen) atoms. The van der Waals surface area contributed by atoms with Crippen molar-refractivity contribution in [3.63, 3.8) is 0 Å². The highest BCUT2D eigenvalue weighted by Crippen LogP contribution is 2.41. The fourth-order valence-corrected chi connectivity index (χ4v) is 7.98. The summed E-state index contributed by atoms with van der Waals surface area (Å²) in [5.74, 6) is -1.06. The van der Waals surface area contributed by atoms with E-state index in [1.807, 2.05) is 0 Å². The number of halogens is 1. The molecule has 10 heteroatoms. The third kappa shape index (κ3) is 5.42. The maximum absolute atomic E-state index is 13.9. The lowest BCUT2D eigenvalue weighted by molar-refractivity contribution is -0.131. The van der Waals surface area contributed by atoms with Crippen LogP contribution in [0.2, 0.25) is 0 Å². The Kier molecular flexibility index (Phi) is 7.92. The predicted molar refractivity (Wildman–Crippen MR) is 170 cm³/mol. The molecular weight excluding hydrogens is 571 g/mol. The molecule has 0 saturated carbocycles. The monoisotopic (exact) mass is 610 g/mol. The highest BCUT2D eigenvalue weighted by molar-refractivity contribution is 5.91. The van der Waals surface area contributed by atoms with Crippen molar-refractivity contribution in [3.8, 4) is 6.01 Å². The number of aromatic nitrogens is 2. The molecule has 2 atom stereocenters. The van der Waals surface area contributed by atoms with Crippen LogP contribution in [-0.2, 0) is 22.6 Å². The number of nitrogens with zero attached hydrogens (tertiary/aromatic N) is 6. The summed E-state index contributed by atoms with van der Waals surface area (Å²) in [5, 5.41) is 2.39. The van der Waals surface area contributed by atoms with Gasteiger partial charge in [0.2, 0.25) is 6.54 Å². The van der Waals surface area contributed by atoms with Crippen molar-refractivity contribution in [1.82, 2.24) is 19.8 Å². The minimum absolute atomic E-state index is 0.0486. The first-order valence-electron chi connectivity index (χ1n) is 16.0. The number of ether oxygens (including phenoxy) is 2. The van der Waals surface area contributed by atoms with Crippen LogP contribution in [0.1, 0.15) is 54.2 Å². The highest BCUT2D eigenvalue weighted by Gasteiger charge is 2.45. The van der Waals surface area contributed by atoms with Crippen molar-refractivity contribution in [2.24, 2.45) is 0 Å². The van der Waals surface area contributed by atoms with E-state index in [2.05, 4.69) is 64.5 Å². The number of carbonyl (C=O) groups excluding carboxylic acids is 1. The minimum atomic E-state index is -1.01. The molecule has 2 aromatic carbocycles. The van der Waals surface area contributed by atoms with Gasteiger partial charge in [0.05, 0.1) is 23.9 Å². The Morgan fingerprint density at radius 1 is 1.16 bits per heavy atom. The van der Waals surface area contributed by atoms with E-state index < -0.39 is 17.8 Å². The van der Waals surface area contributed by atoms with E-state index in [4.69, 9.17) is 26.0 Å². The van der Waals surface area contributed by atoms with Crippen LogP contribution in [0, 0.1) is 13.5 Å². The van der Waals surface area contributed by atoms with Crippen molar-refractivity contribution in [2.45, 2.75) is 63.3 Å². The Morgan fingerprint density at radius 3 is 2.69 bits per heavy atom. The molecule has 1 aromatic heterocycles. The van der Waals surface area contributed by atoms with Gasteiger partial charge < -0.3 is 24.1 Å². The molecule has 3 saturated heterocycles. The van der Waals surface area contributed by atoms with E-state index in [9.17, 15) is 9.18 Å². The molecule has 3 fully saturated rings. The number of hydrogen-bond donors (Lipinski definition) is 0. The molecule has 4 aliphatic rings. The van der Waals surface area contributed by atoms with E-state index in [1.54, 1.807) is 0 Å². The fourth-order valence-electron chi connectivity index (χ4n) is 7.98. The molecule has 0 spiro atoms. The van der Waals surface area contributed by atoms with Crippen LogP contribution in [0.4, 0.5) is 10.2 Å². The summed E-state index contributed by atoms with van der Waals surface area (Å²) in [7, 11) is 0. The Balaban J connectivity index is 1.23. The van der Waals surface area contributed by atoms with Crippen LogP contribution < -0.4 is 9.64 Å². The SMILES string of the molecule is [C-]#[N+]C[C@H]1CN(c2nc(OCC34CCCN3CCC4)nc3c2COC(c2cccc4cccc(C)c24)C3)CCN1C(=O)C(=C)F. The third-order valence-corrected chi connectivity index (χ3v) is 10.2. The molecule has 0 aliphatic carbocycles. The second kappa shape index (κ2) is 12.0. The summed E-state index contributed by atoms with van der Waals surface area (Å²) in [6.45, 7) is 17.0. The predicted octanol–water partition coefficient (Wildman–Crippen LogP) is 5.18. The van der Waals surface area contributed by atoms with Gasteiger partial charge in [-0.15, -0.1) is 0 Å². The number of anilines is 1.